The number of pyridine rings is 1. The fraction of sp³-hybridized carbons (Fsp3) is 0.0556. The molecule has 5 nitrogen and oxygen atoms in total. The lowest BCUT2D eigenvalue weighted by Crippen LogP contribution is -2.03. The lowest BCUT2D eigenvalue weighted by molar-refractivity contribution is 1.01. The van der Waals surface area contributed by atoms with Crippen LogP contribution in [0.5, 0.6) is 0 Å². The van der Waals surface area contributed by atoms with E-state index in [1.807, 2.05) is 0 Å². The summed E-state index contributed by atoms with van der Waals surface area (Å²) in [4.78, 5) is 16.4. The van der Waals surface area contributed by atoms with Gasteiger partial charge in [-0.05, 0) is 102 Å². The fourth-order valence-corrected chi connectivity index (χ4v) is 9.12. The summed E-state index contributed by atoms with van der Waals surface area (Å²) < 4.78 is 4.61. The molecule has 2 aliphatic rings. The number of rotatable bonds is 5. The van der Waals surface area contributed by atoms with Gasteiger partial charge in [0.25, 0.3) is 0 Å². The molecule has 0 N–H and O–H groups in total. The third kappa shape index (κ3) is 5.38. The van der Waals surface area contributed by atoms with E-state index in [-0.39, 0.29) is 0 Å². The molecule has 0 fully saturated rings. The molecule has 2 aliphatic carbocycles. The zero-order valence-electron chi connectivity index (χ0n) is 32.1. The summed E-state index contributed by atoms with van der Waals surface area (Å²) in [5.74, 6) is 8.78. The van der Waals surface area contributed by atoms with E-state index in [1.165, 1.54) is 0 Å². The standard InChI is InChI=1S/C54H35N5/c1-3-19-40(20-4-1)58-48-28-13-11-26-46(48)55-53(58)38-32-37(33-39(34-38)54-56-47-27-12-14-29-49(47)59(54)41-21-5-2-6-22-41)50-44-25-15-18-35-16-7-9-23-42(35)51(44)57-52-43-24-10-8-17-36(43)30-31-45(50)52/h1,3-5,7-14,16-17,19-24,26-34H,2,6,25H2. The van der Waals surface area contributed by atoms with Gasteiger partial charge in [-0.1, -0.05) is 121 Å². The largest absolute Gasteiger partial charge is 0.293 e. The predicted octanol–water partition coefficient (Wildman–Crippen LogP) is 12.8. The summed E-state index contributed by atoms with van der Waals surface area (Å²) in [5.41, 5.74) is 15.5. The van der Waals surface area contributed by atoms with E-state index in [4.69, 9.17) is 15.0 Å². The number of hydrogen-bond acceptors (Lipinski definition) is 3. The topological polar surface area (TPSA) is 48.5 Å². The van der Waals surface area contributed by atoms with Gasteiger partial charge in [0.1, 0.15) is 11.6 Å². The van der Waals surface area contributed by atoms with E-state index in [2.05, 4.69) is 197 Å². The van der Waals surface area contributed by atoms with Gasteiger partial charge in [0.15, 0.2) is 0 Å². The highest BCUT2D eigenvalue weighted by Crippen LogP contribution is 2.44. The van der Waals surface area contributed by atoms with Crippen LogP contribution in [0, 0.1) is 11.8 Å². The Bertz CT molecular complexity index is 3480. The Hall–Kier alpha value is -7.81. The Morgan fingerprint density at radius 3 is 2.02 bits per heavy atom. The third-order valence-corrected chi connectivity index (χ3v) is 11.8. The Labute approximate surface area is 341 Å². The lowest BCUT2D eigenvalue weighted by atomic mass is 9.88. The first-order valence-corrected chi connectivity index (χ1v) is 20.2. The van der Waals surface area contributed by atoms with Crippen molar-refractivity contribution < 1.29 is 0 Å². The van der Waals surface area contributed by atoms with Gasteiger partial charge in [0.2, 0.25) is 0 Å². The van der Waals surface area contributed by atoms with E-state index < -0.39 is 0 Å². The highest BCUT2D eigenvalue weighted by atomic mass is 15.1. The summed E-state index contributed by atoms with van der Waals surface area (Å²) in [5, 5.41) is 3.37. The maximum absolute atomic E-state index is 5.55. The van der Waals surface area contributed by atoms with Gasteiger partial charge in [-0.3, -0.25) is 9.13 Å². The molecule has 0 aliphatic heterocycles. The van der Waals surface area contributed by atoms with Crippen LogP contribution in [0.3, 0.4) is 0 Å². The number of aromatic nitrogens is 5. The molecule has 5 heteroatoms. The molecule has 0 radical (unpaired) electrons. The molecule has 0 unspecified atom stereocenters. The fourth-order valence-electron chi connectivity index (χ4n) is 9.12. The van der Waals surface area contributed by atoms with Gasteiger partial charge >= 0.3 is 0 Å². The average Bonchev–Trinajstić information content (AvgIpc) is 3.83. The molecule has 276 valence electrons. The van der Waals surface area contributed by atoms with Crippen molar-refractivity contribution in [2.24, 2.45) is 0 Å². The highest BCUT2D eigenvalue weighted by Gasteiger charge is 2.25. The second kappa shape index (κ2) is 13.4. The van der Waals surface area contributed by atoms with E-state index in [9.17, 15) is 0 Å². The first-order chi connectivity index (χ1) is 29.3. The van der Waals surface area contributed by atoms with Crippen LogP contribution in [-0.2, 0) is 6.42 Å². The number of para-hydroxylation sites is 5. The normalized spacial score (nSPS) is 13.3. The minimum absolute atomic E-state index is 0.563. The minimum Gasteiger partial charge on any atom is -0.293 e. The molecule has 0 amide bonds. The van der Waals surface area contributed by atoms with Crippen molar-refractivity contribution in [2.75, 3.05) is 0 Å². The second-order valence-electron chi connectivity index (χ2n) is 15.3. The number of imidazole rings is 2. The summed E-state index contributed by atoms with van der Waals surface area (Å²) >= 11 is 0. The monoisotopic (exact) mass is 753 g/mol. The number of allylic oxidation sites excluding steroid dienone is 4. The molecular formula is C54H35N5. The number of nitrogens with zero attached hydrogens (tertiary/aromatic N) is 5. The van der Waals surface area contributed by atoms with Gasteiger partial charge in [-0.25, -0.2) is 15.0 Å². The summed E-state index contributed by atoms with van der Waals surface area (Å²) in [7, 11) is 0. The van der Waals surface area contributed by atoms with Crippen LogP contribution in [0.15, 0.2) is 176 Å². The Morgan fingerprint density at radius 2 is 1.22 bits per heavy atom. The Balaban J connectivity index is 1.23. The van der Waals surface area contributed by atoms with Crippen LogP contribution in [0.1, 0.15) is 24.0 Å². The number of fused-ring (bicyclic) bond motifs is 8. The van der Waals surface area contributed by atoms with Crippen molar-refractivity contribution in [3.63, 3.8) is 0 Å². The molecule has 7 aromatic carbocycles. The van der Waals surface area contributed by atoms with Gasteiger partial charge in [0, 0.05) is 50.8 Å². The Morgan fingerprint density at radius 1 is 0.542 bits per heavy atom. The highest BCUT2D eigenvalue weighted by molar-refractivity contribution is 6.12. The molecule has 0 bridgehead atoms. The molecule has 0 atom stereocenters. The first-order valence-electron chi connectivity index (χ1n) is 20.2. The van der Waals surface area contributed by atoms with Crippen molar-refractivity contribution in [1.29, 1.82) is 0 Å². The summed E-state index contributed by atoms with van der Waals surface area (Å²) in [6, 6.07) is 55.8. The van der Waals surface area contributed by atoms with Crippen LogP contribution >= 0.6 is 0 Å². The van der Waals surface area contributed by atoms with E-state index in [0.717, 1.165) is 124 Å². The van der Waals surface area contributed by atoms with E-state index in [0.29, 0.717) is 6.42 Å². The SMILES string of the molecule is C1#Cc2ccccc2-c2nc3c(ccc4ccccc43)c(-c3cc(-c4nc5ccccc5n4C4=CCCC=C4)cc(-c4nc5ccccc5n4-c4ccccc4)c3)c2C1. The quantitative estimate of drug-likeness (QED) is 0.130. The molecular weight excluding hydrogens is 719 g/mol. The molecule has 3 heterocycles. The molecule has 3 aromatic heterocycles. The maximum Gasteiger partial charge on any atom is 0.145 e. The summed E-state index contributed by atoms with van der Waals surface area (Å²) in [6.45, 7) is 0. The van der Waals surface area contributed by atoms with Crippen LogP contribution < -0.4 is 0 Å². The molecule has 0 saturated carbocycles. The zero-order valence-corrected chi connectivity index (χ0v) is 32.1. The first kappa shape index (κ1) is 33.3. The van der Waals surface area contributed by atoms with Gasteiger partial charge in [0.05, 0.1) is 33.3 Å². The van der Waals surface area contributed by atoms with Crippen molar-refractivity contribution in [1.82, 2.24) is 24.1 Å². The minimum atomic E-state index is 0.563. The van der Waals surface area contributed by atoms with Crippen LogP contribution in [0.2, 0.25) is 0 Å². The van der Waals surface area contributed by atoms with Crippen LogP contribution in [-0.4, -0.2) is 24.1 Å². The van der Waals surface area contributed by atoms with Crippen LogP contribution in [0.25, 0.3) is 100 Å². The molecule has 12 rings (SSSR count). The third-order valence-electron chi connectivity index (χ3n) is 11.8. The molecule has 59 heavy (non-hydrogen) atoms. The Kier molecular flexibility index (Phi) is 7.57. The van der Waals surface area contributed by atoms with Crippen molar-refractivity contribution >= 4 is 49.4 Å². The number of hydrogen-bond donors (Lipinski definition) is 0. The molecule has 0 saturated heterocycles. The number of benzene rings is 7. The van der Waals surface area contributed by atoms with Crippen LogP contribution in [0.4, 0.5) is 0 Å². The second-order valence-corrected chi connectivity index (χ2v) is 15.3. The molecule has 10 aromatic rings. The average molecular weight is 754 g/mol. The smallest absolute Gasteiger partial charge is 0.145 e. The van der Waals surface area contributed by atoms with Gasteiger partial charge in [-0.15, -0.1) is 0 Å². The van der Waals surface area contributed by atoms with E-state index in [1.54, 1.807) is 0 Å². The van der Waals surface area contributed by atoms with Crippen molar-refractivity contribution in [3.05, 3.63) is 187 Å². The van der Waals surface area contributed by atoms with Gasteiger partial charge < -0.3 is 0 Å². The van der Waals surface area contributed by atoms with Gasteiger partial charge in [-0.2, -0.15) is 0 Å². The van der Waals surface area contributed by atoms with Crippen molar-refractivity contribution in [2.45, 2.75) is 19.3 Å². The summed E-state index contributed by atoms with van der Waals surface area (Å²) in [6.07, 6.45) is 9.40. The zero-order chi connectivity index (χ0) is 38.9. The lowest BCUT2D eigenvalue weighted by Gasteiger charge is -2.20. The molecule has 0 spiro atoms. The van der Waals surface area contributed by atoms with E-state index >= 15 is 0 Å². The van der Waals surface area contributed by atoms with Crippen molar-refractivity contribution in [3.8, 4) is 62.7 Å². The predicted molar refractivity (Wildman–Crippen MR) is 242 cm³/mol. The maximum atomic E-state index is 5.55.